The Balaban J connectivity index is 2.18. The van der Waals surface area contributed by atoms with E-state index in [0.717, 1.165) is 11.3 Å². The molecule has 0 aliphatic heterocycles. The van der Waals surface area contributed by atoms with Crippen LogP contribution in [0.15, 0.2) is 30.3 Å². The first-order chi connectivity index (χ1) is 8.60. The second kappa shape index (κ2) is 5.62. The van der Waals surface area contributed by atoms with E-state index in [-0.39, 0.29) is 6.04 Å². The van der Waals surface area contributed by atoms with Crippen molar-refractivity contribution in [2.45, 2.75) is 13.0 Å². The van der Waals surface area contributed by atoms with Gasteiger partial charge in [0, 0.05) is 11.3 Å². The smallest absolute Gasteiger partial charge is 0.0996 e. The molecule has 0 fully saturated rings. The van der Waals surface area contributed by atoms with Gasteiger partial charge < -0.3 is 5.32 Å². The topological polar surface area (TPSA) is 35.8 Å². The Morgan fingerprint density at radius 2 is 2.11 bits per heavy atom. The van der Waals surface area contributed by atoms with Crippen LogP contribution >= 0.6 is 34.5 Å². The molecule has 0 amide bonds. The van der Waals surface area contributed by atoms with Crippen molar-refractivity contribution in [2.75, 3.05) is 5.32 Å². The summed E-state index contributed by atoms with van der Waals surface area (Å²) in [6, 6.07) is 11.3. The number of nitrogens with zero attached hydrogens (tertiary/aromatic N) is 1. The summed E-state index contributed by atoms with van der Waals surface area (Å²) in [6.45, 7) is 2.00. The number of nitrogens with one attached hydrogen (secondary N) is 1. The van der Waals surface area contributed by atoms with E-state index in [1.165, 1.54) is 11.3 Å². The first kappa shape index (κ1) is 13.2. The van der Waals surface area contributed by atoms with Crippen LogP contribution in [0.5, 0.6) is 0 Å². The summed E-state index contributed by atoms with van der Waals surface area (Å²) in [5.41, 5.74) is 2.48. The molecular weight excluding hydrogens is 287 g/mol. The Morgan fingerprint density at radius 1 is 1.33 bits per heavy atom. The van der Waals surface area contributed by atoms with E-state index >= 15 is 0 Å². The standard InChI is InChI=1S/C13H10Cl2N2S/c1-8(11-6-12(14)18-13(11)15)17-10-4-2-3-9(5-10)7-16/h2-6,8,17H,1H3. The highest BCUT2D eigenvalue weighted by atomic mass is 35.5. The molecule has 1 aromatic carbocycles. The number of hydrogen-bond donors (Lipinski definition) is 1. The van der Waals surface area contributed by atoms with Crippen LogP contribution < -0.4 is 5.32 Å². The Kier molecular flexibility index (Phi) is 4.13. The minimum absolute atomic E-state index is 0.0372. The predicted octanol–water partition coefficient (Wildman–Crippen LogP) is 5.10. The molecule has 2 rings (SSSR count). The molecule has 2 nitrogen and oxygen atoms in total. The Hall–Kier alpha value is -1.21. The molecule has 1 heterocycles. The second-order valence-corrected chi connectivity index (χ2v) is 6.12. The molecule has 92 valence electrons. The van der Waals surface area contributed by atoms with Crippen LogP contribution in [0, 0.1) is 11.3 Å². The first-order valence-corrected chi connectivity index (χ1v) is 6.89. The summed E-state index contributed by atoms with van der Waals surface area (Å²) < 4.78 is 1.37. The molecule has 1 unspecified atom stereocenters. The zero-order valence-electron chi connectivity index (χ0n) is 9.58. The molecular formula is C13H10Cl2N2S. The van der Waals surface area contributed by atoms with Gasteiger partial charge in [-0.15, -0.1) is 11.3 Å². The third-order valence-corrected chi connectivity index (χ3v) is 4.04. The van der Waals surface area contributed by atoms with Crippen LogP contribution in [0.4, 0.5) is 5.69 Å². The van der Waals surface area contributed by atoms with Crippen LogP contribution in [0.2, 0.25) is 8.67 Å². The number of halogens is 2. The average molecular weight is 297 g/mol. The fraction of sp³-hybridized carbons (Fsp3) is 0.154. The monoisotopic (exact) mass is 296 g/mol. The zero-order valence-corrected chi connectivity index (χ0v) is 11.9. The first-order valence-electron chi connectivity index (χ1n) is 5.31. The quantitative estimate of drug-likeness (QED) is 0.855. The molecule has 1 aromatic heterocycles. The lowest BCUT2D eigenvalue weighted by molar-refractivity contribution is 0.891. The van der Waals surface area contributed by atoms with Gasteiger partial charge in [-0.25, -0.2) is 0 Å². The SMILES string of the molecule is CC(Nc1cccc(C#N)c1)c1cc(Cl)sc1Cl. The molecule has 0 bridgehead atoms. The molecule has 5 heteroatoms. The Labute approximate surface area is 120 Å². The van der Waals surface area contributed by atoms with Crippen molar-refractivity contribution in [3.8, 4) is 6.07 Å². The van der Waals surface area contributed by atoms with Crippen LogP contribution in [-0.4, -0.2) is 0 Å². The summed E-state index contributed by atoms with van der Waals surface area (Å²) >= 11 is 13.4. The van der Waals surface area contributed by atoms with E-state index in [1.807, 2.05) is 25.1 Å². The fourth-order valence-electron chi connectivity index (χ4n) is 1.65. The Morgan fingerprint density at radius 3 is 2.72 bits per heavy atom. The normalized spacial score (nSPS) is 11.9. The lowest BCUT2D eigenvalue weighted by Gasteiger charge is -2.14. The molecule has 2 aromatic rings. The molecule has 0 saturated heterocycles. The van der Waals surface area contributed by atoms with Crippen molar-refractivity contribution in [3.63, 3.8) is 0 Å². The minimum atomic E-state index is 0.0372. The van der Waals surface area contributed by atoms with E-state index in [0.29, 0.717) is 14.2 Å². The van der Waals surface area contributed by atoms with Crippen LogP contribution in [0.3, 0.4) is 0 Å². The van der Waals surface area contributed by atoms with Gasteiger partial charge in [-0.2, -0.15) is 5.26 Å². The predicted molar refractivity (Wildman–Crippen MR) is 77.5 cm³/mol. The van der Waals surface area contributed by atoms with Crippen LogP contribution in [0.1, 0.15) is 24.1 Å². The summed E-state index contributed by atoms with van der Waals surface area (Å²) in [6.07, 6.45) is 0. The number of thiophene rings is 1. The molecule has 18 heavy (non-hydrogen) atoms. The van der Waals surface area contributed by atoms with Crippen LogP contribution in [0.25, 0.3) is 0 Å². The second-order valence-electron chi connectivity index (χ2n) is 3.84. The van der Waals surface area contributed by atoms with E-state index in [4.69, 9.17) is 28.5 Å². The molecule has 0 aliphatic carbocycles. The van der Waals surface area contributed by atoms with Crippen molar-refractivity contribution in [1.29, 1.82) is 5.26 Å². The van der Waals surface area contributed by atoms with Gasteiger partial charge >= 0.3 is 0 Å². The van der Waals surface area contributed by atoms with Gasteiger partial charge in [0.2, 0.25) is 0 Å². The largest absolute Gasteiger partial charge is 0.378 e. The number of benzene rings is 1. The maximum Gasteiger partial charge on any atom is 0.0996 e. The van der Waals surface area contributed by atoms with Crippen LogP contribution in [-0.2, 0) is 0 Å². The minimum Gasteiger partial charge on any atom is -0.378 e. The zero-order chi connectivity index (χ0) is 13.1. The third kappa shape index (κ3) is 2.97. The van der Waals surface area contributed by atoms with Gasteiger partial charge in [-0.1, -0.05) is 29.3 Å². The molecule has 0 spiro atoms. The van der Waals surface area contributed by atoms with Gasteiger partial charge in [0.1, 0.15) is 0 Å². The van der Waals surface area contributed by atoms with Crippen molar-refractivity contribution < 1.29 is 0 Å². The van der Waals surface area contributed by atoms with Gasteiger partial charge in [0.25, 0.3) is 0 Å². The number of hydrogen-bond acceptors (Lipinski definition) is 3. The molecule has 1 atom stereocenters. The van der Waals surface area contributed by atoms with E-state index in [2.05, 4.69) is 11.4 Å². The number of anilines is 1. The van der Waals surface area contributed by atoms with E-state index in [9.17, 15) is 0 Å². The van der Waals surface area contributed by atoms with E-state index < -0.39 is 0 Å². The molecule has 0 radical (unpaired) electrons. The molecule has 0 aliphatic rings. The van der Waals surface area contributed by atoms with E-state index in [1.54, 1.807) is 12.1 Å². The highest BCUT2D eigenvalue weighted by Crippen LogP contribution is 2.36. The van der Waals surface area contributed by atoms with Gasteiger partial charge in [-0.05, 0) is 31.2 Å². The maximum absolute atomic E-state index is 8.85. The highest BCUT2D eigenvalue weighted by molar-refractivity contribution is 7.20. The fourth-order valence-corrected chi connectivity index (χ4v) is 3.30. The van der Waals surface area contributed by atoms with Crippen molar-refractivity contribution in [3.05, 3.63) is 50.1 Å². The highest BCUT2D eigenvalue weighted by Gasteiger charge is 2.13. The number of nitriles is 1. The van der Waals surface area contributed by atoms with Crippen molar-refractivity contribution in [2.24, 2.45) is 0 Å². The van der Waals surface area contributed by atoms with Crippen molar-refractivity contribution >= 4 is 40.2 Å². The summed E-state index contributed by atoms with van der Waals surface area (Å²) in [7, 11) is 0. The van der Waals surface area contributed by atoms with Gasteiger partial charge in [-0.3, -0.25) is 0 Å². The summed E-state index contributed by atoms with van der Waals surface area (Å²) in [5, 5.41) is 12.1. The lowest BCUT2D eigenvalue weighted by atomic mass is 10.1. The molecule has 1 N–H and O–H groups in total. The maximum atomic E-state index is 8.85. The summed E-state index contributed by atoms with van der Waals surface area (Å²) in [5.74, 6) is 0. The summed E-state index contributed by atoms with van der Waals surface area (Å²) in [4.78, 5) is 0. The lowest BCUT2D eigenvalue weighted by Crippen LogP contribution is -2.05. The average Bonchev–Trinajstić information content (AvgIpc) is 2.69. The van der Waals surface area contributed by atoms with Gasteiger partial charge in [0.15, 0.2) is 0 Å². The van der Waals surface area contributed by atoms with Crippen molar-refractivity contribution in [1.82, 2.24) is 0 Å². The Bertz CT molecular complexity index is 601. The van der Waals surface area contributed by atoms with Gasteiger partial charge in [0.05, 0.1) is 26.3 Å². The third-order valence-electron chi connectivity index (χ3n) is 2.52. The molecule has 0 saturated carbocycles. The number of rotatable bonds is 3.